The van der Waals surface area contributed by atoms with E-state index in [-0.39, 0.29) is 11.8 Å². The fourth-order valence-electron chi connectivity index (χ4n) is 1.87. The van der Waals surface area contributed by atoms with Crippen LogP contribution < -0.4 is 16.0 Å². The topological polar surface area (TPSA) is 70.2 Å². The van der Waals surface area contributed by atoms with Gasteiger partial charge >= 0.3 is 0 Å². The lowest BCUT2D eigenvalue weighted by atomic mass is 10.2. The van der Waals surface area contributed by atoms with E-state index >= 15 is 0 Å². The fourth-order valence-corrected chi connectivity index (χ4v) is 1.87. The lowest BCUT2D eigenvalue weighted by Crippen LogP contribution is -2.23. The van der Waals surface area contributed by atoms with E-state index in [2.05, 4.69) is 16.0 Å². The summed E-state index contributed by atoms with van der Waals surface area (Å²) in [6.45, 7) is 3.34. The molecule has 5 heteroatoms. The van der Waals surface area contributed by atoms with Crippen LogP contribution in [0.5, 0.6) is 0 Å². The third-order valence-electron chi connectivity index (χ3n) is 3.04. The summed E-state index contributed by atoms with van der Waals surface area (Å²) in [6.07, 6.45) is 2.74. The van der Waals surface area contributed by atoms with Crippen LogP contribution in [0.15, 0.2) is 24.3 Å². The van der Waals surface area contributed by atoms with Gasteiger partial charge in [-0.25, -0.2) is 0 Å². The van der Waals surface area contributed by atoms with Crippen molar-refractivity contribution in [2.45, 2.75) is 39.2 Å². The summed E-state index contributed by atoms with van der Waals surface area (Å²) in [5, 5.41) is 8.73. The van der Waals surface area contributed by atoms with Gasteiger partial charge < -0.3 is 16.0 Å². The zero-order valence-corrected chi connectivity index (χ0v) is 12.9. The molecule has 0 saturated heterocycles. The second-order valence-corrected chi connectivity index (χ2v) is 4.98. The van der Waals surface area contributed by atoms with Gasteiger partial charge in [-0.2, -0.15) is 0 Å². The maximum atomic E-state index is 11.6. The summed E-state index contributed by atoms with van der Waals surface area (Å²) in [4.78, 5) is 23.0. The van der Waals surface area contributed by atoms with Crippen LogP contribution in [0, 0.1) is 0 Å². The Morgan fingerprint density at radius 1 is 1.05 bits per heavy atom. The zero-order valence-electron chi connectivity index (χ0n) is 12.9. The van der Waals surface area contributed by atoms with Crippen LogP contribution in [-0.2, 0) is 16.1 Å². The van der Waals surface area contributed by atoms with Crippen molar-refractivity contribution >= 4 is 17.5 Å². The first kappa shape index (κ1) is 17.2. The largest absolute Gasteiger partial charge is 0.352 e. The molecule has 0 radical (unpaired) electrons. The minimum atomic E-state index is 0.0306. The van der Waals surface area contributed by atoms with E-state index in [9.17, 15) is 9.59 Å². The van der Waals surface area contributed by atoms with E-state index in [1.54, 1.807) is 0 Å². The van der Waals surface area contributed by atoms with Crippen LogP contribution in [0.3, 0.4) is 0 Å². The Hall–Kier alpha value is -1.88. The maximum Gasteiger partial charge on any atom is 0.224 e. The van der Waals surface area contributed by atoms with Crippen LogP contribution >= 0.6 is 0 Å². The standard InChI is InChI=1S/C16H25N3O2/c1-3-5-16(21)19-14-9-7-13(8-10-14)12-18-15(20)6-4-11-17-2/h7-10,17H,3-6,11-12H2,1-2H3,(H,18,20)(H,19,21). The monoisotopic (exact) mass is 291 g/mol. The van der Waals surface area contributed by atoms with Crippen molar-refractivity contribution in [3.63, 3.8) is 0 Å². The van der Waals surface area contributed by atoms with Gasteiger partial charge in [0.15, 0.2) is 0 Å². The van der Waals surface area contributed by atoms with Crippen LogP contribution in [0.1, 0.15) is 38.2 Å². The van der Waals surface area contributed by atoms with Gasteiger partial charge in [0.2, 0.25) is 11.8 Å². The molecule has 3 N–H and O–H groups in total. The van der Waals surface area contributed by atoms with Crippen molar-refractivity contribution in [2.24, 2.45) is 0 Å². The van der Waals surface area contributed by atoms with Gasteiger partial charge in [-0.05, 0) is 44.1 Å². The molecule has 0 fully saturated rings. The molecule has 1 aromatic carbocycles. The highest BCUT2D eigenvalue weighted by molar-refractivity contribution is 5.90. The predicted molar refractivity (Wildman–Crippen MR) is 85.0 cm³/mol. The molecule has 0 aliphatic carbocycles. The zero-order chi connectivity index (χ0) is 15.5. The summed E-state index contributed by atoms with van der Waals surface area (Å²) >= 11 is 0. The van der Waals surface area contributed by atoms with E-state index in [0.717, 1.165) is 30.6 Å². The van der Waals surface area contributed by atoms with E-state index < -0.39 is 0 Å². The first-order valence-electron chi connectivity index (χ1n) is 7.45. The molecule has 1 rings (SSSR count). The van der Waals surface area contributed by atoms with Crippen LogP contribution in [0.4, 0.5) is 5.69 Å². The molecule has 0 heterocycles. The molecule has 0 aliphatic heterocycles. The molecule has 5 nitrogen and oxygen atoms in total. The molecule has 2 amide bonds. The minimum Gasteiger partial charge on any atom is -0.352 e. The highest BCUT2D eigenvalue weighted by Crippen LogP contribution is 2.10. The van der Waals surface area contributed by atoms with Crippen molar-refractivity contribution in [1.82, 2.24) is 10.6 Å². The Balaban J connectivity index is 2.33. The van der Waals surface area contributed by atoms with Gasteiger partial charge in [-0.1, -0.05) is 19.1 Å². The van der Waals surface area contributed by atoms with Gasteiger partial charge in [0.1, 0.15) is 0 Å². The van der Waals surface area contributed by atoms with Crippen LogP contribution in [0.25, 0.3) is 0 Å². The maximum absolute atomic E-state index is 11.6. The number of anilines is 1. The summed E-state index contributed by atoms with van der Waals surface area (Å²) in [5.74, 6) is 0.0914. The predicted octanol–water partition coefficient (Wildman–Crippen LogP) is 2.04. The van der Waals surface area contributed by atoms with Gasteiger partial charge in [-0.15, -0.1) is 0 Å². The molecule has 0 spiro atoms. The fraction of sp³-hybridized carbons (Fsp3) is 0.500. The Morgan fingerprint density at radius 3 is 2.38 bits per heavy atom. The number of carbonyl (C=O) groups is 2. The molecule has 116 valence electrons. The average molecular weight is 291 g/mol. The molecular weight excluding hydrogens is 266 g/mol. The normalized spacial score (nSPS) is 10.2. The number of hydrogen-bond donors (Lipinski definition) is 3. The van der Waals surface area contributed by atoms with Gasteiger partial charge in [0.05, 0.1) is 0 Å². The lowest BCUT2D eigenvalue weighted by Gasteiger charge is -2.07. The molecular formula is C16H25N3O2. The minimum absolute atomic E-state index is 0.0306. The van der Waals surface area contributed by atoms with Crippen molar-refractivity contribution < 1.29 is 9.59 Å². The quantitative estimate of drug-likeness (QED) is 0.610. The van der Waals surface area contributed by atoms with E-state index in [0.29, 0.717) is 19.4 Å². The Bertz CT molecular complexity index is 443. The molecule has 0 atom stereocenters. The van der Waals surface area contributed by atoms with Crippen molar-refractivity contribution in [3.05, 3.63) is 29.8 Å². The van der Waals surface area contributed by atoms with Crippen molar-refractivity contribution in [3.8, 4) is 0 Å². The van der Waals surface area contributed by atoms with Crippen LogP contribution in [-0.4, -0.2) is 25.4 Å². The number of hydrogen-bond acceptors (Lipinski definition) is 3. The number of benzene rings is 1. The smallest absolute Gasteiger partial charge is 0.224 e. The van der Waals surface area contributed by atoms with E-state index in [1.807, 2.05) is 38.2 Å². The number of carbonyl (C=O) groups excluding carboxylic acids is 2. The van der Waals surface area contributed by atoms with Gasteiger partial charge in [0.25, 0.3) is 0 Å². The lowest BCUT2D eigenvalue weighted by molar-refractivity contribution is -0.121. The molecule has 0 aliphatic rings. The average Bonchev–Trinajstić information content (AvgIpc) is 2.47. The Morgan fingerprint density at radius 2 is 1.76 bits per heavy atom. The SMILES string of the molecule is CCCC(=O)Nc1ccc(CNC(=O)CCCNC)cc1. The van der Waals surface area contributed by atoms with Crippen molar-refractivity contribution in [2.75, 3.05) is 18.9 Å². The molecule has 1 aromatic rings. The number of nitrogens with one attached hydrogen (secondary N) is 3. The molecule has 0 aromatic heterocycles. The van der Waals surface area contributed by atoms with Crippen LogP contribution in [0.2, 0.25) is 0 Å². The first-order valence-corrected chi connectivity index (χ1v) is 7.45. The molecule has 0 unspecified atom stereocenters. The highest BCUT2D eigenvalue weighted by atomic mass is 16.2. The number of rotatable bonds is 9. The second-order valence-electron chi connectivity index (χ2n) is 4.98. The first-order chi connectivity index (χ1) is 10.2. The van der Waals surface area contributed by atoms with E-state index in [1.165, 1.54) is 0 Å². The molecule has 0 bridgehead atoms. The van der Waals surface area contributed by atoms with Crippen molar-refractivity contribution in [1.29, 1.82) is 0 Å². The third kappa shape index (κ3) is 7.46. The molecule has 0 saturated carbocycles. The Labute approximate surface area is 126 Å². The van der Waals surface area contributed by atoms with Gasteiger partial charge in [-0.3, -0.25) is 9.59 Å². The van der Waals surface area contributed by atoms with E-state index in [4.69, 9.17) is 0 Å². The third-order valence-corrected chi connectivity index (χ3v) is 3.04. The van der Waals surface area contributed by atoms with Gasteiger partial charge in [0, 0.05) is 25.1 Å². The highest BCUT2D eigenvalue weighted by Gasteiger charge is 2.02. The molecule has 21 heavy (non-hydrogen) atoms. The number of amides is 2. The summed E-state index contributed by atoms with van der Waals surface area (Å²) in [5.41, 5.74) is 1.81. The summed E-state index contributed by atoms with van der Waals surface area (Å²) in [6, 6.07) is 7.54. The summed E-state index contributed by atoms with van der Waals surface area (Å²) < 4.78 is 0. The summed E-state index contributed by atoms with van der Waals surface area (Å²) in [7, 11) is 1.87. The second kappa shape index (κ2) is 9.94. The Kier molecular flexibility index (Phi) is 8.12.